The minimum Gasteiger partial charge on any atom is -0.497 e. The third-order valence-corrected chi connectivity index (χ3v) is 13.1. The van der Waals surface area contributed by atoms with Crippen LogP contribution < -0.4 is 18.9 Å². The molecule has 0 heterocycles. The van der Waals surface area contributed by atoms with E-state index in [0.29, 0.717) is 36.0 Å². The molecule has 9 heteroatoms. The molecule has 416 valence electrons. The highest BCUT2D eigenvalue weighted by molar-refractivity contribution is 5.68. The molecule has 0 aliphatic carbocycles. The van der Waals surface area contributed by atoms with E-state index in [1.54, 1.807) is 28.4 Å². The predicted molar refractivity (Wildman–Crippen MR) is 319 cm³/mol. The van der Waals surface area contributed by atoms with Gasteiger partial charge in [-0.15, -0.1) is 0 Å². The van der Waals surface area contributed by atoms with Crippen molar-refractivity contribution in [3.63, 3.8) is 0 Å². The standard InChI is InChI=1S/C15H25NO2.2C15H25NO.C15H23NO.2C2H6/c1-6-15(17,12(2)11-16(3)4)13-8-7-9-14(10-13)18-5;3*1-6-15(12(2)11-16(3)4)13-8-7-9-14(10-13)17-5;2*1-2/h7-10,12,17H,6,11H2,1-5H3;2*7-10,12,15H,6,11H2,1-5H3;6-10,12H,11H2,1-5H3;2*1-2H3/t12-,15?;12-,15+;12-,15-;12-;;/m0000../s1. The summed E-state index contributed by atoms with van der Waals surface area (Å²) in [5, 5.41) is 10.9. The lowest BCUT2D eigenvalue weighted by Gasteiger charge is -2.35. The van der Waals surface area contributed by atoms with Crippen LogP contribution in [0.2, 0.25) is 0 Å². The van der Waals surface area contributed by atoms with Gasteiger partial charge in [0.25, 0.3) is 0 Å². The smallest absolute Gasteiger partial charge is 0.119 e. The molecule has 0 saturated heterocycles. The number of ether oxygens (including phenoxy) is 4. The molecule has 0 aliphatic rings. The number of methoxy groups -OCH3 is 4. The predicted octanol–water partition coefficient (Wildman–Crippen LogP) is 14.6. The van der Waals surface area contributed by atoms with Crippen LogP contribution >= 0.6 is 0 Å². The Hall–Kier alpha value is -4.38. The summed E-state index contributed by atoms with van der Waals surface area (Å²) in [5.74, 6) is 6.81. The lowest BCUT2D eigenvalue weighted by molar-refractivity contribution is -0.0293. The van der Waals surface area contributed by atoms with Crippen LogP contribution in [0.4, 0.5) is 0 Å². The summed E-state index contributed by atoms with van der Waals surface area (Å²) >= 11 is 0. The third kappa shape index (κ3) is 26.6. The van der Waals surface area contributed by atoms with E-state index in [-0.39, 0.29) is 5.92 Å². The van der Waals surface area contributed by atoms with Crippen molar-refractivity contribution in [2.24, 2.45) is 23.7 Å². The van der Waals surface area contributed by atoms with Crippen LogP contribution in [-0.4, -0.2) is 136 Å². The monoisotopic (exact) mass is 1010 g/mol. The largest absolute Gasteiger partial charge is 0.497 e. The van der Waals surface area contributed by atoms with Gasteiger partial charge in [-0.2, -0.15) is 0 Å². The summed E-state index contributed by atoms with van der Waals surface area (Å²) in [5.41, 5.74) is 5.53. The highest BCUT2D eigenvalue weighted by Gasteiger charge is 2.34. The zero-order valence-corrected chi connectivity index (χ0v) is 51.1. The molecule has 4 rings (SSSR count). The molecule has 7 atom stereocenters. The van der Waals surface area contributed by atoms with Crippen LogP contribution in [0.1, 0.15) is 136 Å². The number of benzene rings is 4. The van der Waals surface area contributed by atoms with Crippen LogP contribution in [0.5, 0.6) is 23.0 Å². The lowest BCUT2D eigenvalue weighted by atomic mass is 9.80. The Morgan fingerprint density at radius 1 is 0.507 bits per heavy atom. The molecule has 0 bridgehead atoms. The van der Waals surface area contributed by atoms with Crippen LogP contribution in [0, 0.1) is 23.7 Å². The Morgan fingerprint density at radius 2 is 0.863 bits per heavy atom. The molecule has 0 radical (unpaired) electrons. The minimum absolute atomic E-state index is 0.157. The fraction of sp³-hybridized carbons (Fsp3) is 0.594. The van der Waals surface area contributed by atoms with Gasteiger partial charge in [-0.25, -0.2) is 0 Å². The van der Waals surface area contributed by atoms with E-state index < -0.39 is 5.60 Å². The Labute approximate surface area is 450 Å². The average Bonchev–Trinajstić information content (AvgIpc) is 3.38. The number of hydrogen-bond donors (Lipinski definition) is 1. The topological polar surface area (TPSA) is 70.1 Å². The van der Waals surface area contributed by atoms with Gasteiger partial charge in [0.2, 0.25) is 0 Å². The van der Waals surface area contributed by atoms with Crippen LogP contribution in [-0.2, 0) is 5.60 Å². The van der Waals surface area contributed by atoms with Crippen molar-refractivity contribution in [2.75, 3.05) is 111 Å². The number of aliphatic hydroxyl groups is 1. The van der Waals surface area contributed by atoms with E-state index in [4.69, 9.17) is 18.9 Å². The summed E-state index contributed by atoms with van der Waals surface area (Å²) in [6.45, 7) is 29.8. The van der Waals surface area contributed by atoms with Crippen LogP contribution in [0.3, 0.4) is 0 Å². The van der Waals surface area contributed by atoms with Gasteiger partial charge in [0.05, 0.1) is 34.0 Å². The SMILES string of the molecule is CC.CC.CC=C(c1cccc(OC)c1)[C@@H](C)CN(C)C.CCC(O)(c1cccc(OC)c1)[C@@H](C)CN(C)C.CC[C@@H](c1cccc(OC)c1)[C@@H](C)CN(C)C.CC[C@H](c1cccc(OC)c1)[C@@H](C)CN(C)C. The molecule has 73 heavy (non-hydrogen) atoms. The van der Waals surface area contributed by atoms with Crippen LogP contribution in [0.15, 0.2) is 103 Å². The zero-order chi connectivity index (χ0) is 56.3. The van der Waals surface area contributed by atoms with E-state index in [1.165, 1.54) is 35.1 Å². The molecule has 4 aromatic rings. The van der Waals surface area contributed by atoms with Gasteiger partial charge in [0, 0.05) is 32.1 Å². The van der Waals surface area contributed by atoms with Gasteiger partial charge in [0.1, 0.15) is 23.0 Å². The van der Waals surface area contributed by atoms with E-state index in [1.807, 2.05) is 97.2 Å². The van der Waals surface area contributed by atoms with E-state index >= 15 is 0 Å². The molecule has 0 saturated carbocycles. The molecular formula is C64H110N4O5. The fourth-order valence-corrected chi connectivity index (χ4v) is 9.70. The first-order valence-corrected chi connectivity index (χ1v) is 27.2. The molecule has 0 aromatic heterocycles. The van der Waals surface area contributed by atoms with Gasteiger partial charge in [-0.1, -0.05) is 131 Å². The molecular weight excluding hydrogens is 905 g/mol. The maximum absolute atomic E-state index is 10.9. The van der Waals surface area contributed by atoms with Crippen molar-refractivity contribution in [3.8, 4) is 23.0 Å². The molecule has 4 aromatic carbocycles. The molecule has 1 unspecified atom stereocenters. The lowest BCUT2D eigenvalue weighted by Crippen LogP contribution is -2.38. The molecule has 0 aliphatic heterocycles. The van der Waals surface area contributed by atoms with Crippen molar-refractivity contribution in [2.45, 2.75) is 120 Å². The Kier molecular flexibility index (Phi) is 38.7. The maximum Gasteiger partial charge on any atom is 0.119 e. The van der Waals surface area contributed by atoms with Crippen molar-refractivity contribution in [1.82, 2.24) is 19.6 Å². The minimum atomic E-state index is -0.807. The van der Waals surface area contributed by atoms with E-state index in [0.717, 1.165) is 54.7 Å². The van der Waals surface area contributed by atoms with Gasteiger partial charge in [-0.05, 0) is 189 Å². The second-order valence-electron chi connectivity index (χ2n) is 19.9. The molecule has 0 fully saturated rings. The number of allylic oxidation sites excluding steroid dienone is 1. The van der Waals surface area contributed by atoms with Gasteiger partial charge < -0.3 is 43.7 Å². The van der Waals surface area contributed by atoms with Gasteiger partial charge in [0.15, 0.2) is 0 Å². The molecule has 1 N–H and O–H groups in total. The average molecular weight is 1020 g/mol. The Morgan fingerprint density at radius 3 is 1.21 bits per heavy atom. The Balaban J connectivity index is 0. The number of nitrogens with zero attached hydrogens (tertiary/aromatic N) is 4. The first-order chi connectivity index (χ1) is 34.7. The Bertz CT molecular complexity index is 1930. The molecule has 0 spiro atoms. The van der Waals surface area contributed by atoms with Crippen molar-refractivity contribution < 1.29 is 24.1 Å². The first kappa shape index (κ1) is 70.7. The summed E-state index contributed by atoms with van der Waals surface area (Å²) in [6.07, 6.45) is 5.22. The fourth-order valence-electron chi connectivity index (χ4n) is 9.70. The summed E-state index contributed by atoms with van der Waals surface area (Å²) in [7, 11) is 23.6. The van der Waals surface area contributed by atoms with Crippen molar-refractivity contribution >= 4 is 5.57 Å². The van der Waals surface area contributed by atoms with Crippen LogP contribution in [0.25, 0.3) is 5.57 Å². The highest BCUT2D eigenvalue weighted by atomic mass is 16.5. The maximum atomic E-state index is 10.9. The second kappa shape index (κ2) is 40.0. The second-order valence-corrected chi connectivity index (χ2v) is 19.9. The summed E-state index contributed by atoms with van der Waals surface area (Å²) in [6, 6.07) is 32.9. The summed E-state index contributed by atoms with van der Waals surface area (Å²) in [4.78, 5) is 8.83. The quantitative estimate of drug-likeness (QED) is 0.0782. The van der Waals surface area contributed by atoms with Crippen molar-refractivity contribution in [1.29, 1.82) is 0 Å². The van der Waals surface area contributed by atoms with E-state index in [9.17, 15) is 5.11 Å². The zero-order valence-electron chi connectivity index (χ0n) is 51.1. The molecule has 9 nitrogen and oxygen atoms in total. The van der Waals surface area contributed by atoms with Crippen molar-refractivity contribution in [3.05, 3.63) is 125 Å². The van der Waals surface area contributed by atoms with Gasteiger partial charge in [-0.3, -0.25) is 0 Å². The number of hydrogen-bond acceptors (Lipinski definition) is 9. The molecule has 0 amide bonds. The summed E-state index contributed by atoms with van der Waals surface area (Å²) < 4.78 is 21.1. The first-order valence-electron chi connectivity index (χ1n) is 27.2. The third-order valence-electron chi connectivity index (χ3n) is 13.1. The normalized spacial score (nSPS) is 14.3. The number of rotatable bonds is 23. The van der Waals surface area contributed by atoms with Gasteiger partial charge >= 0.3 is 0 Å². The van der Waals surface area contributed by atoms with E-state index in [2.05, 4.69) is 165 Å². The highest BCUT2D eigenvalue weighted by Crippen LogP contribution is 2.36.